The first-order valence-electron chi connectivity index (χ1n) is 12.1. The van der Waals surface area contributed by atoms with E-state index >= 15 is 0 Å². The zero-order valence-corrected chi connectivity index (χ0v) is 22.4. The molecule has 1 amide bonds. The standard InChI is InChI=1S/C27H37NO7S/c1-18(2)12-13-27(23-11-10-22(36(5,32)33)14-24(23)35-19(3)17-29)25(30)16-28(26(27)31)15-20-6-8-21(34-4)9-7-20/h6-11,14,18-19,25,29-30H,12-13,15-17H2,1-5H3/t19-,25-,27+/m0/s1. The Hall–Kier alpha value is -2.62. The maximum atomic E-state index is 14.1. The number of benzene rings is 2. The molecule has 2 aromatic carbocycles. The number of ether oxygens (including phenoxy) is 2. The lowest BCUT2D eigenvalue weighted by molar-refractivity contribution is -0.134. The fourth-order valence-corrected chi connectivity index (χ4v) is 5.27. The molecule has 1 aliphatic heterocycles. The van der Waals surface area contributed by atoms with Crippen LogP contribution in [0.15, 0.2) is 47.4 Å². The third-order valence-corrected chi connectivity index (χ3v) is 7.84. The molecule has 0 unspecified atom stereocenters. The number of nitrogens with zero attached hydrogens (tertiary/aromatic N) is 1. The van der Waals surface area contributed by atoms with Gasteiger partial charge < -0.3 is 24.6 Å². The van der Waals surface area contributed by atoms with E-state index in [1.165, 1.54) is 12.1 Å². The minimum absolute atomic E-state index is 0.0421. The lowest BCUT2D eigenvalue weighted by Gasteiger charge is -2.33. The predicted molar refractivity (Wildman–Crippen MR) is 137 cm³/mol. The molecule has 198 valence electrons. The van der Waals surface area contributed by atoms with Crippen molar-refractivity contribution in [1.29, 1.82) is 0 Å². The van der Waals surface area contributed by atoms with E-state index in [4.69, 9.17) is 9.47 Å². The lowest BCUT2D eigenvalue weighted by atomic mass is 9.72. The Bertz CT molecular complexity index is 1160. The molecule has 0 aromatic heterocycles. The molecule has 2 aromatic rings. The van der Waals surface area contributed by atoms with Crippen LogP contribution in [-0.4, -0.2) is 68.2 Å². The lowest BCUT2D eigenvalue weighted by Crippen LogP contribution is -2.44. The molecule has 0 aliphatic carbocycles. The van der Waals surface area contributed by atoms with Crippen molar-refractivity contribution >= 4 is 15.7 Å². The second-order valence-corrected chi connectivity index (χ2v) is 12.0. The second-order valence-electron chi connectivity index (χ2n) is 9.99. The highest BCUT2D eigenvalue weighted by molar-refractivity contribution is 7.90. The van der Waals surface area contributed by atoms with Gasteiger partial charge in [0.2, 0.25) is 5.91 Å². The molecule has 9 heteroatoms. The number of aliphatic hydroxyl groups is 2. The van der Waals surface area contributed by atoms with E-state index in [1.807, 2.05) is 38.1 Å². The maximum Gasteiger partial charge on any atom is 0.236 e. The molecule has 3 rings (SSSR count). The van der Waals surface area contributed by atoms with E-state index in [0.717, 1.165) is 11.8 Å². The van der Waals surface area contributed by atoms with E-state index < -0.39 is 27.5 Å². The monoisotopic (exact) mass is 519 g/mol. The normalized spacial score (nSPS) is 21.2. The Morgan fingerprint density at radius 1 is 1.14 bits per heavy atom. The molecule has 1 heterocycles. The topological polar surface area (TPSA) is 113 Å². The summed E-state index contributed by atoms with van der Waals surface area (Å²) < 4.78 is 35.7. The van der Waals surface area contributed by atoms with Crippen molar-refractivity contribution in [3.8, 4) is 11.5 Å². The number of carbonyl (C=O) groups excluding carboxylic acids is 1. The molecule has 36 heavy (non-hydrogen) atoms. The van der Waals surface area contributed by atoms with Gasteiger partial charge in [-0.2, -0.15) is 0 Å². The predicted octanol–water partition coefficient (Wildman–Crippen LogP) is 2.94. The first kappa shape index (κ1) is 28.0. The molecule has 1 saturated heterocycles. The van der Waals surface area contributed by atoms with Crippen LogP contribution in [0.4, 0.5) is 0 Å². The third-order valence-electron chi connectivity index (χ3n) is 6.73. The highest BCUT2D eigenvalue weighted by Gasteiger charge is 2.55. The number of amides is 1. The van der Waals surface area contributed by atoms with Gasteiger partial charge in [0.25, 0.3) is 0 Å². The van der Waals surface area contributed by atoms with Gasteiger partial charge in [-0.05, 0) is 55.5 Å². The van der Waals surface area contributed by atoms with Crippen molar-refractivity contribution in [2.45, 2.75) is 62.7 Å². The number of aliphatic hydroxyl groups excluding tert-OH is 2. The van der Waals surface area contributed by atoms with Crippen LogP contribution in [0.25, 0.3) is 0 Å². The van der Waals surface area contributed by atoms with Crippen molar-refractivity contribution in [3.63, 3.8) is 0 Å². The molecular weight excluding hydrogens is 482 g/mol. The van der Waals surface area contributed by atoms with E-state index in [9.17, 15) is 23.4 Å². The van der Waals surface area contributed by atoms with Crippen LogP contribution in [0.3, 0.4) is 0 Å². The summed E-state index contributed by atoms with van der Waals surface area (Å²) in [6.07, 6.45) is 0.470. The Labute approximate surface area is 213 Å². The van der Waals surface area contributed by atoms with Crippen LogP contribution in [0.2, 0.25) is 0 Å². The molecule has 3 atom stereocenters. The first-order chi connectivity index (χ1) is 16.9. The molecule has 1 fully saturated rings. The third kappa shape index (κ3) is 5.85. The number of methoxy groups -OCH3 is 1. The van der Waals surface area contributed by atoms with Gasteiger partial charge in [0.15, 0.2) is 9.84 Å². The molecule has 0 radical (unpaired) electrons. The Morgan fingerprint density at radius 2 is 1.81 bits per heavy atom. The summed E-state index contributed by atoms with van der Waals surface area (Å²) in [5.74, 6) is 0.930. The summed E-state index contributed by atoms with van der Waals surface area (Å²) >= 11 is 0. The summed E-state index contributed by atoms with van der Waals surface area (Å²) in [7, 11) is -1.96. The average molecular weight is 520 g/mol. The molecule has 0 saturated carbocycles. The van der Waals surface area contributed by atoms with Crippen LogP contribution >= 0.6 is 0 Å². The van der Waals surface area contributed by atoms with Crippen LogP contribution in [-0.2, 0) is 26.6 Å². The van der Waals surface area contributed by atoms with E-state index in [1.54, 1.807) is 25.0 Å². The Morgan fingerprint density at radius 3 is 2.36 bits per heavy atom. The number of carbonyl (C=O) groups is 1. The Balaban J connectivity index is 2.10. The number of hydrogen-bond donors (Lipinski definition) is 2. The van der Waals surface area contributed by atoms with Crippen LogP contribution < -0.4 is 9.47 Å². The molecule has 8 nitrogen and oxygen atoms in total. The van der Waals surface area contributed by atoms with Crippen molar-refractivity contribution in [1.82, 2.24) is 4.90 Å². The molecule has 2 N–H and O–H groups in total. The van der Waals surface area contributed by atoms with Crippen molar-refractivity contribution < 1.29 is 32.9 Å². The average Bonchev–Trinajstić information content (AvgIpc) is 3.06. The summed E-state index contributed by atoms with van der Waals surface area (Å²) in [6, 6.07) is 11.8. The highest BCUT2D eigenvalue weighted by atomic mass is 32.2. The van der Waals surface area contributed by atoms with Gasteiger partial charge in [-0.15, -0.1) is 0 Å². The number of β-amino-alcohol motifs (C(OH)–C–C–N with tert-alkyl or cyclic N) is 1. The maximum absolute atomic E-state index is 14.1. The van der Waals surface area contributed by atoms with Crippen molar-refractivity contribution in [2.24, 2.45) is 5.92 Å². The zero-order chi connectivity index (χ0) is 26.7. The summed E-state index contributed by atoms with van der Waals surface area (Å²) in [5, 5.41) is 21.0. The van der Waals surface area contributed by atoms with Gasteiger partial charge in [0.05, 0.1) is 24.7 Å². The Kier molecular flexibility index (Phi) is 8.69. The number of sulfone groups is 1. The smallest absolute Gasteiger partial charge is 0.236 e. The van der Waals surface area contributed by atoms with E-state index in [2.05, 4.69) is 0 Å². The van der Waals surface area contributed by atoms with E-state index in [0.29, 0.717) is 30.7 Å². The molecule has 0 spiro atoms. The SMILES string of the molecule is COc1ccc(CN2C[C@H](O)[C@@](CCC(C)C)(c3ccc(S(C)(=O)=O)cc3O[C@@H](C)CO)C2=O)cc1. The number of hydrogen-bond acceptors (Lipinski definition) is 7. The molecular formula is C27H37NO7S. The van der Waals surface area contributed by atoms with Gasteiger partial charge in [-0.1, -0.05) is 32.0 Å². The molecule has 0 bridgehead atoms. The van der Waals surface area contributed by atoms with Crippen LogP contribution in [0.1, 0.15) is 44.7 Å². The summed E-state index contributed by atoms with van der Waals surface area (Å²) in [6.45, 7) is 5.90. The van der Waals surface area contributed by atoms with E-state index in [-0.39, 0.29) is 35.6 Å². The van der Waals surface area contributed by atoms with Gasteiger partial charge in [-0.3, -0.25) is 4.79 Å². The zero-order valence-electron chi connectivity index (χ0n) is 21.6. The molecule has 1 aliphatic rings. The second kappa shape index (κ2) is 11.2. The van der Waals surface area contributed by atoms with Crippen molar-refractivity contribution in [2.75, 3.05) is 26.5 Å². The minimum Gasteiger partial charge on any atom is -0.497 e. The van der Waals surface area contributed by atoms with Gasteiger partial charge in [0.1, 0.15) is 23.0 Å². The number of likely N-dealkylation sites (tertiary alicyclic amines) is 1. The first-order valence-corrected chi connectivity index (χ1v) is 14.0. The van der Waals surface area contributed by atoms with Crippen LogP contribution in [0, 0.1) is 5.92 Å². The highest BCUT2D eigenvalue weighted by Crippen LogP contribution is 2.46. The fraction of sp³-hybridized carbons (Fsp3) is 0.519. The minimum atomic E-state index is -3.55. The quantitative estimate of drug-likeness (QED) is 0.469. The van der Waals surface area contributed by atoms with Gasteiger partial charge >= 0.3 is 0 Å². The van der Waals surface area contributed by atoms with Crippen LogP contribution in [0.5, 0.6) is 11.5 Å². The fourth-order valence-electron chi connectivity index (χ4n) is 4.63. The van der Waals surface area contributed by atoms with Gasteiger partial charge in [0, 0.05) is 24.9 Å². The summed E-state index contributed by atoms with van der Waals surface area (Å²) in [4.78, 5) is 15.8. The largest absolute Gasteiger partial charge is 0.497 e. The number of rotatable bonds is 11. The van der Waals surface area contributed by atoms with Gasteiger partial charge in [-0.25, -0.2) is 8.42 Å². The van der Waals surface area contributed by atoms with Crippen molar-refractivity contribution in [3.05, 3.63) is 53.6 Å². The summed E-state index contributed by atoms with van der Waals surface area (Å²) in [5.41, 5.74) is 0.0245.